The van der Waals surface area contributed by atoms with Gasteiger partial charge in [0.15, 0.2) is 11.3 Å². The van der Waals surface area contributed by atoms with Crippen LogP contribution < -0.4 is 0 Å². The first-order chi connectivity index (χ1) is 10.9. The van der Waals surface area contributed by atoms with Crippen molar-refractivity contribution in [2.45, 2.75) is 19.2 Å². The molecule has 0 aliphatic carbocycles. The zero-order chi connectivity index (χ0) is 18.3. The summed E-state index contributed by atoms with van der Waals surface area (Å²) in [7, 11) is -3.79. The molecule has 0 radical (unpaired) electrons. The first kappa shape index (κ1) is 18.1. The van der Waals surface area contributed by atoms with Gasteiger partial charge in [-0.25, -0.2) is 14.8 Å². The van der Waals surface area contributed by atoms with E-state index in [9.17, 15) is 26.4 Å². The molecule has 2 aromatic rings. The molecule has 0 saturated carbocycles. The molecule has 0 spiro atoms. The normalized spacial score (nSPS) is 13.9. The molecule has 0 bridgehead atoms. The average molecular weight is 364 g/mol. The fourth-order valence-corrected chi connectivity index (χ4v) is 2.61. The van der Waals surface area contributed by atoms with Crippen molar-refractivity contribution in [3.05, 3.63) is 35.2 Å². The van der Waals surface area contributed by atoms with E-state index in [0.29, 0.717) is 0 Å². The predicted octanol–water partition coefficient (Wildman–Crippen LogP) is 2.38. The van der Waals surface area contributed by atoms with Crippen molar-refractivity contribution in [2.75, 3.05) is 6.26 Å². The monoisotopic (exact) mass is 364 g/mol. The minimum Gasteiger partial charge on any atom is -0.478 e. The highest BCUT2D eigenvalue weighted by Gasteiger charge is 2.38. The number of fused-ring (bicyclic) bond motifs is 1. The molecule has 0 aliphatic heterocycles. The van der Waals surface area contributed by atoms with Gasteiger partial charge in [-0.05, 0) is 25.1 Å². The lowest BCUT2D eigenvalue weighted by atomic mass is 10.1. The zero-order valence-electron chi connectivity index (χ0n) is 12.3. The van der Waals surface area contributed by atoms with Crippen LogP contribution in [0.1, 0.15) is 34.8 Å². The van der Waals surface area contributed by atoms with Gasteiger partial charge in [-0.2, -0.15) is 21.6 Å². The third-order valence-electron chi connectivity index (χ3n) is 2.93. The Labute approximate surface area is 134 Å². The minimum absolute atomic E-state index is 0.0385. The van der Waals surface area contributed by atoms with Crippen LogP contribution in [0.2, 0.25) is 0 Å². The average Bonchev–Trinajstić information content (AvgIpc) is 2.42. The number of halogens is 3. The van der Waals surface area contributed by atoms with Crippen molar-refractivity contribution in [3.63, 3.8) is 0 Å². The molecule has 1 unspecified atom stereocenters. The Bertz CT molecular complexity index is 912. The van der Waals surface area contributed by atoms with Crippen molar-refractivity contribution in [1.82, 2.24) is 9.97 Å². The van der Waals surface area contributed by atoms with Crippen molar-refractivity contribution < 1.29 is 35.7 Å². The van der Waals surface area contributed by atoms with Gasteiger partial charge in [0.2, 0.25) is 0 Å². The van der Waals surface area contributed by atoms with Crippen molar-refractivity contribution in [1.29, 1.82) is 0 Å². The highest BCUT2D eigenvalue weighted by Crippen LogP contribution is 2.32. The van der Waals surface area contributed by atoms with E-state index in [0.717, 1.165) is 12.3 Å². The molecule has 0 aromatic carbocycles. The van der Waals surface area contributed by atoms with Crippen LogP contribution in [0.5, 0.6) is 0 Å². The fourth-order valence-electron chi connectivity index (χ4n) is 1.98. The Morgan fingerprint density at radius 2 is 1.92 bits per heavy atom. The number of hydrogen-bond donors (Lipinski definition) is 1. The molecular weight excluding hydrogens is 353 g/mol. The summed E-state index contributed by atoms with van der Waals surface area (Å²) in [6.07, 6.45) is -5.20. The second kappa shape index (κ2) is 5.98. The van der Waals surface area contributed by atoms with Crippen molar-refractivity contribution in [3.8, 4) is 0 Å². The Kier molecular flexibility index (Phi) is 4.50. The highest BCUT2D eigenvalue weighted by atomic mass is 32.2. The Balaban J connectivity index is 2.60. The number of aromatic nitrogens is 2. The molecular formula is C13H11F3N2O5S. The third-order valence-corrected chi connectivity index (χ3v) is 3.57. The molecule has 0 fully saturated rings. The summed E-state index contributed by atoms with van der Waals surface area (Å²) >= 11 is 0. The maximum absolute atomic E-state index is 13.0. The van der Waals surface area contributed by atoms with Gasteiger partial charge in [-0.1, -0.05) is 0 Å². The number of pyridine rings is 2. The van der Waals surface area contributed by atoms with Gasteiger partial charge < -0.3 is 5.11 Å². The first-order valence-electron chi connectivity index (χ1n) is 6.39. The molecule has 2 aromatic heterocycles. The largest absolute Gasteiger partial charge is 0.478 e. The predicted molar refractivity (Wildman–Crippen MR) is 75.8 cm³/mol. The molecule has 1 N–H and O–H groups in total. The number of carboxylic acid groups (broad SMARTS) is 1. The van der Waals surface area contributed by atoms with Crippen LogP contribution in [0.3, 0.4) is 0 Å². The van der Waals surface area contributed by atoms with E-state index in [1.165, 1.54) is 19.1 Å². The number of carbonyl (C=O) groups is 1. The third kappa shape index (κ3) is 3.97. The first-order valence-corrected chi connectivity index (χ1v) is 8.20. The number of aromatic carboxylic acids is 1. The lowest BCUT2D eigenvalue weighted by Crippen LogP contribution is -2.16. The van der Waals surface area contributed by atoms with E-state index in [2.05, 4.69) is 9.97 Å². The summed E-state index contributed by atoms with van der Waals surface area (Å²) in [6, 6.07) is 3.42. The lowest BCUT2D eigenvalue weighted by Gasteiger charge is -2.13. The summed E-state index contributed by atoms with van der Waals surface area (Å²) in [5.74, 6) is -1.77. The number of alkyl halides is 3. The standard InChI is InChI=1S/C13H11F3N2O5S/c1-6(23-24(2,21)22)9-4-3-7-5-8(12(19)20)10(13(14,15)16)18-11(7)17-9/h3-6H,1-2H3,(H,19,20). The van der Waals surface area contributed by atoms with Crippen molar-refractivity contribution >= 4 is 27.1 Å². The molecule has 2 heterocycles. The minimum atomic E-state index is -4.98. The smallest absolute Gasteiger partial charge is 0.434 e. The highest BCUT2D eigenvalue weighted by molar-refractivity contribution is 7.86. The van der Waals surface area contributed by atoms with Crippen molar-refractivity contribution in [2.24, 2.45) is 0 Å². The second-order valence-corrected chi connectivity index (χ2v) is 6.51. The van der Waals surface area contributed by atoms with Crippen LogP contribution in [0.4, 0.5) is 13.2 Å². The molecule has 11 heteroatoms. The molecule has 1 atom stereocenters. The van der Waals surface area contributed by atoms with E-state index in [4.69, 9.17) is 9.29 Å². The van der Waals surface area contributed by atoms with E-state index in [1.54, 1.807) is 0 Å². The van der Waals surface area contributed by atoms with Crippen LogP contribution >= 0.6 is 0 Å². The quantitative estimate of drug-likeness (QED) is 0.830. The van der Waals surface area contributed by atoms with Crippen LogP contribution in [0, 0.1) is 0 Å². The summed E-state index contributed by atoms with van der Waals surface area (Å²) < 4.78 is 65.8. The summed E-state index contributed by atoms with van der Waals surface area (Å²) in [6.45, 7) is 1.35. The van der Waals surface area contributed by atoms with Crippen LogP contribution in [-0.2, 0) is 20.5 Å². The van der Waals surface area contributed by atoms with Crippen LogP contribution in [0.25, 0.3) is 11.0 Å². The SMILES string of the molecule is CC(OS(C)(=O)=O)c1ccc2cc(C(=O)O)c(C(F)(F)F)nc2n1. The van der Waals surface area contributed by atoms with Gasteiger partial charge in [-0.15, -0.1) is 0 Å². The molecule has 130 valence electrons. The van der Waals surface area contributed by atoms with Gasteiger partial charge in [0.25, 0.3) is 10.1 Å². The molecule has 0 aliphatic rings. The summed E-state index contributed by atoms with van der Waals surface area (Å²) in [4.78, 5) is 18.1. The van der Waals surface area contributed by atoms with E-state index < -0.39 is 39.6 Å². The van der Waals surface area contributed by atoms with Crippen LogP contribution in [0.15, 0.2) is 18.2 Å². The number of rotatable bonds is 4. The van der Waals surface area contributed by atoms with E-state index >= 15 is 0 Å². The Morgan fingerprint density at radius 1 is 1.29 bits per heavy atom. The zero-order valence-corrected chi connectivity index (χ0v) is 13.1. The number of carboxylic acids is 1. The molecule has 7 nitrogen and oxygen atoms in total. The fraction of sp³-hybridized carbons (Fsp3) is 0.308. The molecule has 0 saturated heterocycles. The van der Waals surface area contributed by atoms with Gasteiger partial charge in [0.05, 0.1) is 17.5 Å². The maximum atomic E-state index is 13.0. The molecule has 0 amide bonds. The Hall–Kier alpha value is -2.27. The van der Waals surface area contributed by atoms with Gasteiger partial charge >= 0.3 is 12.1 Å². The summed E-state index contributed by atoms with van der Waals surface area (Å²) in [5.41, 5.74) is -2.90. The number of nitrogens with zero attached hydrogens (tertiary/aromatic N) is 2. The van der Waals surface area contributed by atoms with Gasteiger partial charge in [-0.3, -0.25) is 4.18 Å². The van der Waals surface area contributed by atoms with Gasteiger partial charge in [0, 0.05) is 5.39 Å². The Morgan fingerprint density at radius 3 is 2.42 bits per heavy atom. The summed E-state index contributed by atoms with van der Waals surface area (Å²) in [5, 5.41) is 8.98. The van der Waals surface area contributed by atoms with Gasteiger partial charge in [0.1, 0.15) is 6.10 Å². The second-order valence-electron chi connectivity index (χ2n) is 4.91. The lowest BCUT2D eigenvalue weighted by molar-refractivity contribution is -0.141. The van der Waals surface area contributed by atoms with Crippen LogP contribution in [-0.4, -0.2) is 35.7 Å². The number of hydrogen-bond acceptors (Lipinski definition) is 6. The molecule has 2 rings (SSSR count). The van der Waals surface area contributed by atoms with E-state index in [-0.39, 0.29) is 16.7 Å². The topological polar surface area (TPSA) is 106 Å². The van der Waals surface area contributed by atoms with E-state index in [1.807, 2.05) is 0 Å². The maximum Gasteiger partial charge on any atom is 0.434 e. The molecule has 24 heavy (non-hydrogen) atoms.